The van der Waals surface area contributed by atoms with E-state index in [0.717, 1.165) is 0 Å². The van der Waals surface area contributed by atoms with E-state index in [9.17, 15) is 0 Å². The van der Waals surface area contributed by atoms with Gasteiger partial charge in [-0.2, -0.15) is 0 Å². The van der Waals surface area contributed by atoms with Gasteiger partial charge in [-0.1, -0.05) is 56.3 Å². The fraction of sp³-hybridized carbons (Fsp3) is 0.294. The summed E-state index contributed by atoms with van der Waals surface area (Å²) in [6, 6.07) is 11.2. The number of hydrogen-bond donors (Lipinski definition) is 0. The van der Waals surface area contributed by atoms with E-state index in [1.807, 2.05) is 0 Å². The van der Waals surface area contributed by atoms with E-state index >= 15 is 0 Å². The number of hydrogen-bond acceptors (Lipinski definition) is 0. The highest BCUT2D eigenvalue weighted by Gasteiger charge is 2.17. The summed E-state index contributed by atoms with van der Waals surface area (Å²) in [5.74, 6) is 0.611. The van der Waals surface area contributed by atoms with Crippen molar-refractivity contribution in [1.82, 2.24) is 0 Å². The first-order valence-electron chi connectivity index (χ1n) is 6.47. The number of fused-ring (bicyclic) bond motifs is 3. The third-order valence-corrected chi connectivity index (χ3v) is 3.59. The molecule has 17 heavy (non-hydrogen) atoms. The van der Waals surface area contributed by atoms with Gasteiger partial charge in [-0.25, -0.2) is 0 Å². The molecule has 0 atom stereocenters. The van der Waals surface area contributed by atoms with Crippen molar-refractivity contribution in [2.45, 2.75) is 26.7 Å². The molecule has 0 aliphatic heterocycles. The van der Waals surface area contributed by atoms with Gasteiger partial charge in [0.25, 0.3) is 0 Å². The van der Waals surface area contributed by atoms with Gasteiger partial charge >= 0.3 is 0 Å². The molecule has 0 aromatic heterocycles. The minimum atomic E-state index is 0.611. The smallest absolute Gasteiger partial charge is 0.0109 e. The topological polar surface area (TPSA) is 0 Å². The molecule has 0 saturated heterocycles. The van der Waals surface area contributed by atoms with Crippen LogP contribution in [0.1, 0.15) is 30.5 Å². The largest absolute Gasteiger partial charge is 0.0814 e. The van der Waals surface area contributed by atoms with Crippen LogP contribution in [-0.4, -0.2) is 0 Å². The van der Waals surface area contributed by atoms with Crippen molar-refractivity contribution in [2.24, 2.45) is 5.92 Å². The minimum absolute atomic E-state index is 0.611. The Balaban J connectivity index is 2.21. The highest BCUT2D eigenvalue weighted by Crippen LogP contribution is 2.34. The van der Waals surface area contributed by atoms with Gasteiger partial charge < -0.3 is 0 Å². The van der Waals surface area contributed by atoms with Crippen molar-refractivity contribution in [3.8, 4) is 0 Å². The monoisotopic (exact) mass is 222 g/mol. The Hall–Kier alpha value is -1.56. The van der Waals surface area contributed by atoms with Crippen LogP contribution in [0, 0.1) is 5.92 Å². The first-order chi connectivity index (χ1) is 8.25. The summed E-state index contributed by atoms with van der Waals surface area (Å²) in [5, 5.41) is 2.86. The molecular formula is C17H18. The molecule has 2 aromatic rings. The first kappa shape index (κ1) is 10.6. The van der Waals surface area contributed by atoms with E-state index in [1.54, 1.807) is 11.1 Å². The molecule has 0 radical (unpaired) electrons. The number of rotatable bonds is 2. The van der Waals surface area contributed by atoms with Crippen molar-refractivity contribution >= 4 is 16.8 Å². The Kier molecular flexibility index (Phi) is 2.51. The standard InChI is InChI=1S/C17H18/c1-12(2)7-8-13-11-14-9-10-16(14)17-6-4-3-5-15(13)17/h3-8,11-12H,9-10H2,1-2H3/b8-7+. The summed E-state index contributed by atoms with van der Waals surface area (Å²) in [5.41, 5.74) is 4.50. The molecule has 0 nitrogen and oxygen atoms in total. The molecule has 0 bridgehead atoms. The SMILES string of the molecule is CC(C)/C=C/c1cc2c(c3ccccc13)CC2. The number of allylic oxidation sites excluding steroid dienone is 1. The second-order valence-corrected chi connectivity index (χ2v) is 5.25. The number of aryl methyl sites for hydroxylation is 2. The Morgan fingerprint density at radius 3 is 2.47 bits per heavy atom. The Morgan fingerprint density at radius 1 is 1.06 bits per heavy atom. The highest BCUT2D eigenvalue weighted by atomic mass is 14.2. The van der Waals surface area contributed by atoms with Crippen molar-refractivity contribution in [3.63, 3.8) is 0 Å². The minimum Gasteiger partial charge on any atom is -0.0814 e. The predicted octanol–water partition coefficient (Wildman–Crippen LogP) is 4.61. The Bertz CT molecular complexity index is 588. The number of benzene rings is 2. The molecule has 1 aliphatic rings. The van der Waals surface area contributed by atoms with E-state index in [0.29, 0.717) is 5.92 Å². The molecule has 0 amide bonds. The molecule has 2 aromatic carbocycles. The van der Waals surface area contributed by atoms with E-state index in [-0.39, 0.29) is 0 Å². The fourth-order valence-corrected chi connectivity index (χ4v) is 2.56. The lowest BCUT2D eigenvalue weighted by Gasteiger charge is -2.22. The van der Waals surface area contributed by atoms with Crippen LogP contribution in [0.15, 0.2) is 36.4 Å². The zero-order chi connectivity index (χ0) is 11.8. The lowest BCUT2D eigenvalue weighted by Crippen LogP contribution is -2.09. The summed E-state index contributed by atoms with van der Waals surface area (Å²) >= 11 is 0. The van der Waals surface area contributed by atoms with Gasteiger partial charge in [0.15, 0.2) is 0 Å². The van der Waals surface area contributed by atoms with Crippen molar-refractivity contribution < 1.29 is 0 Å². The van der Waals surface area contributed by atoms with E-state index < -0.39 is 0 Å². The maximum absolute atomic E-state index is 2.38. The maximum atomic E-state index is 2.38. The first-order valence-corrected chi connectivity index (χ1v) is 6.47. The van der Waals surface area contributed by atoms with Crippen molar-refractivity contribution in [1.29, 1.82) is 0 Å². The summed E-state index contributed by atoms with van der Waals surface area (Å²) < 4.78 is 0. The molecule has 0 saturated carbocycles. The summed E-state index contributed by atoms with van der Waals surface area (Å²) in [6.07, 6.45) is 7.07. The van der Waals surface area contributed by atoms with Gasteiger partial charge in [-0.15, -0.1) is 0 Å². The fourth-order valence-electron chi connectivity index (χ4n) is 2.56. The highest BCUT2D eigenvalue weighted by molar-refractivity contribution is 5.94. The molecule has 0 heterocycles. The third kappa shape index (κ3) is 1.78. The second-order valence-electron chi connectivity index (χ2n) is 5.25. The van der Waals surface area contributed by atoms with Gasteiger partial charge in [0.2, 0.25) is 0 Å². The molecule has 3 rings (SSSR count). The normalized spacial score (nSPS) is 14.3. The molecule has 1 aliphatic carbocycles. The predicted molar refractivity (Wildman–Crippen MR) is 75.2 cm³/mol. The lowest BCUT2D eigenvalue weighted by molar-refractivity contribution is 0.835. The van der Waals surface area contributed by atoms with Crippen molar-refractivity contribution in [3.05, 3.63) is 53.1 Å². The maximum Gasteiger partial charge on any atom is -0.0109 e. The molecular weight excluding hydrogens is 204 g/mol. The summed E-state index contributed by atoms with van der Waals surface area (Å²) in [4.78, 5) is 0. The summed E-state index contributed by atoms with van der Waals surface area (Å²) in [7, 11) is 0. The Morgan fingerprint density at radius 2 is 1.82 bits per heavy atom. The van der Waals surface area contributed by atoms with Crippen LogP contribution in [0.2, 0.25) is 0 Å². The van der Waals surface area contributed by atoms with Crippen LogP contribution in [0.4, 0.5) is 0 Å². The van der Waals surface area contributed by atoms with Crippen LogP contribution < -0.4 is 0 Å². The van der Waals surface area contributed by atoms with E-state index in [2.05, 4.69) is 56.3 Å². The van der Waals surface area contributed by atoms with Gasteiger partial charge in [0.1, 0.15) is 0 Å². The third-order valence-electron chi connectivity index (χ3n) is 3.59. The summed E-state index contributed by atoms with van der Waals surface area (Å²) in [6.45, 7) is 4.44. The molecule has 0 heteroatoms. The molecule has 0 spiro atoms. The van der Waals surface area contributed by atoms with Gasteiger partial charge in [0.05, 0.1) is 0 Å². The van der Waals surface area contributed by atoms with Crippen LogP contribution in [0.25, 0.3) is 16.8 Å². The van der Waals surface area contributed by atoms with Crippen LogP contribution in [0.3, 0.4) is 0 Å². The zero-order valence-corrected chi connectivity index (χ0v) is 10.5. The Labute approximate surface area is 103 Å². The van der Waals surface area contributed by atoms with Gasteiger partial charge in [-0.3, -0.25) is 0 Å². The molecule has 0 N–H and O–H groups in total. The quantitative estimate of drug-likeness (QED) is 0.696. The van der Waals surface area contributed by atoms with Gasteiger partial charge in [0, 0.05) is 0 Å². The van der Waals surface area contributed by atoms with E-state index in [4.69, 9.17) is 0 Å². The molecule has 0 unspecified atom stereocenters. The zero-order valence-electron chi connectivity index (χ0n) is 10.5. The molecule has 86 valence electrons. The van der Waals surface area contributed by atoms with Crippen molar-refractivity contribution in [2.75, 3.05) is 0 Å². The second kappa shape index (κ2) is 4.03. The molecule has 0 fully saturated rings. The van der Waals surface area contributed by atoms with Crippen LogP contribution in [0.5, 0.6) is 0 Å². The van der Waals surface area contributed by atoms with Crippen LogP contribution >= 0.6 is 0 Å². The van der Waals surface area contributed by atoms with Gasteiger partial charge in [-0.05, 0) is 46.2 Å². The average molecular weight is 222 g/mol. The average Bonchev–Trinajstić information content (AvgIpc) is 2.28. The lowest BCUT2D eigenvalue weighted by atomic mass is 9.82. The van der Waals surface area contributed by atoms with Crippen LogP contribution in [-0.2, 0) is 12.8 Å². The van der Waals surface area contributed by atoms with E-state index in [1.165, 1.54) is 29.2 Å².